The number of hydrogen-bond donors (Lipinski definition) is 4. The standard InChI is InChI=1S/C20H25N9O/c1-11-5-16(28-27-11)24-17-10-22-18-19(25-17)29(20(30)26-18)15-8-13-6-12(3-2-4-21)7-14(9-15)23-13/h5,10,12-15,23H,2-3,6-9H2,1H3,(H,22,26,30)(H2,24,25,27,28)/t12?,13-,14+,15?. The Morgan fingerprint density at radius 2 is 2.07 bits per heavy atom. The molecule has 0 saturated carbocycles. The van der Waals surface area contributed by atoms with Crippen LogP contribution in [0.1, 0.15) is 50.3 Å². The van der Waals surface area contributed by atoms with Crippen molar-refractivity contribution in [1.29, 1.82) is 5.26 Å². The zero-order valence-electron chi connectivity index (χ0n) is 16.9. The molecule has 2 bridgehead atoms. The molecule has 2 aliphatic heterocycles. The monoisotopic (exact) mass is 407 g/mol. The average Bonchev–Trinajstić information content (AvgIpc) is 3.27. The fraction of sp³-hybridized carbons (Fsp3) is 0.550. The second kappa shape index (κ2) is 7.57. The van der Waals surface area contributed by atoms with Crippen LogP contribution in [0, 0.1) is 24.2 Å². The van der Waals surface area contributed by atoms with E-state index in [-0.39, 0.29) is 11.7 Å². The molecule has 2 fully saturated rings. The molecule has 0 spiro atoms. The molecule has 4 atom stereocenters. The molecule has 10 heteroatoms. The van der Waals surface area contributed by atoms with E-state index < -0.39 is 0 Å². The van der Waals surface area contributed by atoms with Crippen molar-refractivity contribution < 1.29 is 0 Å². The minimum absolute atomic E-state index is 0.0802. The number of aromatic nitrogens is 6. The Balaban J connectivity index is 1.40. The third-order valence-corrected chi connectivity index (χ3v) is 6.24. The highest BCUT2D eigenvalue weighted by Crippen LogP contribution is 2.37. The summed E-state index contributed by atoms with van der Waals surface area (Å²) in [6.07, 6.45) is 7.07. The van der Waals surface area contributed by atoms with Crippen molar-refractivity contribution in [1.82, 2.24) is 35.0 Å². The van der Waals surface area contributed by atoms with Gasteiger partial charge in [0, 0.05) is 36.3 Å². The molecule has 0 amide bonds. The molecule has 2 aliphatic rings. The van der Waals surface area contributed by atoms with Crippen LogP contribution in [0.2, 0.25) is 0 Å². The minimum atomic E-state index is -0.163. The molecule has 2 saturated heterocycles. The van der Waals surface area contributed by atoms with Gasteiger partial charge in [-0.05, 0) is 44.9 Å². The Morgan fingerprint density at radius 3 is 2.77 bits per heavy atom. The number of imidazole rings is 1. The SMILES string of the molecule is Cc1cc(Nc2cnc3[nH]c(=O)n(C4C[C@H]5CC(CCC#N)C[C@@H](C4)N5)c3n2)n[nH]1. The quantitative estimate of drug-likeness (QED) is 0.508. The Kier molecular flexibility index (Phi) is 4.75. The first kappa shape index (κ1) is 18.8. The van der Waals surface area contributed by atoms with E-state index in [9.17, 15) is 4.79 Å². The number of aryl methyl sites for hydroxylation is 1. The summed E-state index contributed by atoms with van der Waals surface area (Å²) >= 11 is 0. The summed E-state index contributed by atoms with van der Waals surface area (Å²) in [7, 11) is 0. The number of H-pyrrole nitrogens is 2. The summed E-state index contributed by atoms with van der Waals surface area (Å²) in [4.78, 5) is 24.7. The van der Waals surface area contributed by atoms with Gasteiger partial charge in [0.1, 0.15) is 0 Å². The fourth-order valence-electron chi connectivity index (χ4n) is 5.07. The first-order valence-electron chi connectivity index (χ1n) is 10.5. The lowest BCUT2D eigenvalue weighted by Gasteiger charge is -2.43. The lowest BCUT2D eigenvalue weighted by molar-refractivity contribution is 0.142. The molecular weight excluding hydrogens is 382 g/mol. The van der Waals surface area contributed by atoms with Crippen LogP contribution in [-0.2, 0) is 0 Å². The predicted molar refractivity (Wildman–Crippen MR) is 111 cm³/mol. The second-order valence-corrected chi connectivity index (χ2v) is 8.51. The highest BCUT2D eigenvalue weighted by molar-refractivity contribution is 5.69. The van der Waals surface area contributed by atoms with Gasteiger partial charge in [0.2, 0.25) is 0 Å². The van der Waals surface area contributed by atoms with Gasteiger partial charge in [0.15, 0.2) is 22.9 Å². The van der Waals surface area contributed by atoms with E-state index >= 15 is 0 Å². The van der Waals surface area contributed by atoms with Crippen LogP contribution in [-0.4, -0.2) is 41.8 Å². The maximum atomic E-state index is 12.8. The summed E-state index contributed by atoms with van der Waals surface area (Å²) in [6.45, 7) is 1.93. The molecule has 5 rings (SSSR count). The van der Waals surface area contributed by atoms with Gasteiger partial charge in [0.05, 0.1) is 12.3 Å². The van der Waals surface area contributed by atoms with E-state index in [0.717, 1.165) is 37.8 Å². The normalized spacial score (nSPS) is 25.9. The van der Waals surface area contributed by atoms with Crippen LogP contribution < -0.4 is 16.3 Å². The molecule has 0 aromatic carbocycles. The maximum absolute atomic E-state index is 12.8. The summed E-state index contributed by atoms with van der Waals surface area (Å²) in [5, 5.41) is 22.8. The summed E-state index contributed by atoms with van der Waals surface area (Å²) in [6, 6.07) is 4.96. The van der Waals surface area contributed by atoms with Crippen LogP contribution in [0.25, 0.3) is 11.3 Å². The zero-order chi connectivity index (χ0) is 20.7. The predicted octanol–water partition coefficient (Wildman–Crippen LogP) is 2.27. The van der Waals surface area contributed by atoms with Gasteiger partial charge >= 0.3 is 5.69 Å². The Labute approximate surface area is 173 Å². The second-order valence-electron chi connectivity index (χ2n) is 8.51. The van der Waals surface area contributed by atoms with Crippen molar-refractivity contribution in [2.75, 3.05) is 5.32 Å². The zero-order valence-corrected chi connectivity index (χ0v) is 16.9. The molecule has 10 nitrogen and oxygen atoms in total. The van der Waals surface area contributed by atoms with Gasteiger partial charge in [0.25, 0.3) is 0 Å². The third-order valence-electron chi connectivity index (χ3n) is 6.24. The first-order chi connectivity index (χ1) is 14.6. The number of nitrogens with one attached hydrogen (secondary N) is 4. The van der Waals surface area contributed by atoms with Crippen molar-refractivity contribution in [3.8, 4) is 6.07 Å². The van der Waals surface area contributed by atoms with E-state index in [1.165, 1.54) is 0 Å². The van der Waals surface area contributed by atoms with E-state index in [4.69, 9.17) is 5.26 Å². The van der Waals surface area contributed by atoms with Crippen molar-refractivity contribution in [3.05, 3.63) is 28.4 Å². The van der Waals surface area contributed by atoms with Crippen molar-refractivity contribution >= 4 is 22.9 Å². The van der Waals surface area contributed by atoms with Crippen LogP contribution in [0.15, 0.2) is 17.1 Å². The Hall–Kier alpha value is -3.19. The number of hydrogen-bond acceptors (Lipinski definition) is 7. The number of rotatable bonds is 5. The third kappa shape index (κ3) is 3.57. The van der Waals surface area contributed by atoms with Gasteiger partial charge in [-0.25, -0.2) is 14.8 Å². The summed E-state index contributed by atoms with van der Waals surface area (Å²) in [5.41, 5.74) is 1.85. The van der Waals surface area contributed by atoms with Crippen LogP contribution >= 0.6 is 0 Å². The number of piperidine rings is 2. The largest absolute Gasteiger partial charge is 0.329 e. The van der Waals surface area contributed by atoms with Crippen LogP contribution in [0.3, 0.4) is 0 Å². The smallest absolute Gasteiger partial charge is 0.322 e. The highest BCUT2D eigenvalue weighted by atomic mass is 16.1. The molecule has 3 aromatic heterocycles. The summed E-state index contributed by atoms with van der Waals surface area (Å²) in [5.74, 6) is 1.80. The molecule has 156 valence electrons. The van der Waals surface area contributed by atoms with Crippen molar-refractivity contribution in [2.24, 2.45) is 5.92 Å². The number of aromatic amines is 2. The lowest BCUT2D eigenvalue weighted by Crippen LogP contribution is -2.52. The Bertz CT molecular complexity index is 1140. The van der Waals surface area contributed by atoms with Crippen molar-refractivity contribution in [3.63, 3.8) is 0 Å². The van der Waals surface area contributed by atoms with Crippen LogP contribution in [0.5, 0.6) is 0 Å². The van der Waals surface area contributed by atoms with Gasteiger partial charge in [-0.15, -0.1) is 0 Å². The molecule has 4 N–H and O–H groups in total. The molecule has 2 unspecified atom stereocenters. The van der Waals surface area contributed by atoms with E-state index in [0.29, 0.717) is 47.4 Å². The molecular formula is C20H25N9O. The highest BCUT2D eigenvalue weighted by Gasteiger charge is 2.37. The number of nitriles is 1. The fourth-order valence-corrected chi connectivity index (χ4v) is 5.07. The molecule has 0 aliphatic carbocycles. The van der Waals surface area contributed by atoms with Gasteiger partial charge < -0.3 is 10.6 Å². The molecule has 0 radical (unpaired) electrons. The number of anilines is 2. The first-order valence-corrected chi connectivity index (χ1v) is 10.5. The van der Waals surface area contributed by atoms with Crippen molar-refractivity contribution in [2.45, 2.75) is 63.6 Å². The van der Waals surface area contributed by atoms with Gasteiger partial charge in [-0.3, -0.25) is 14.6 Å². The molecule has 5 heterocycles. The minimum Gasteiger partial charge on any atom is -0.322 e. The number of nitrogens with zero attached hydrogens (tertiary/aromatic N) is 5. The van der Waals surface area contributed by atoms with E-state index in [1.54, 1.807) is 10.8 Å². The van der Waals surface area contributed by atoms with Crippen LogP contribution in [0.4, 0.5) is 11.6 Å². The molecule has 30 heavy (non-hydrogen) atoms. The van der Waals surface area contributed by atoms with E-state index in [2.05, 4.69) is 41.9 Å². The number of fused-ring (bicyclic) bond motifs is 3. The molecule has 3 aromatic rings. The van der Waals surface area contributed by atoms with Gasteiger partial charge in [-0.2, -0.15) is 10.4 Å². The van der Waals surface area contributed by atoms with Gasteiger partial charge in [-0.1, -0.05) is 0 Å². The lowest BCUT2D eigenvalue weighted by atomic mass is 9.77. The topological polar surface area (TPSA) is 140 Å². The average molecular weight is 407 g/mol. The van der Waals surface area contributed by atoms with E-state index in [1.807, 2.05) is 13.0 Å². The maximum Gasteiger partial charge on any atom is 0.329 e. The Morgan fingerprint density at radius 1 is 1.27 bits per heavy atom. The summed E-state index contributed by atoms with van der Waals surface area (Å²) < 4.78 is 1.78.